The Balaban J connectivity index is 2.11. The largest absolute Gasteiger partial charge is 0.487 e. The van der Waals surface area contributed by atoms with Crippen LogP contribution in [-0.2, 0) is 6.54 Å². The lowest BCUT2D eigenvalue weighted by molar-refractivity contribution is -0.385. The van der Waals surface area contributed by atoms with Gasteiger partial charge in [0.05, 0.1) is 11.5 Å². The summed E-state index contributed by atoms with van der Waals surface area (Å²) >= 11 is 3.39. The van der Waals surface area contributed by atoms with E-state index in [-0.39, 0.29) is 11.4 Å². The average molecular weight is 351 g/mol. The van der Waals surface area contributed by atoms with E-state index in [1.807, 2.05) is 24.3 Å². The Morgan fingerprint density at radius 3 is 2.57 bits per heavy atom. The van der Waals surface area contributed by atoms with Gasteiger partial charge in [0, 0.05) is 28.8 Å². The van der Waals surface area contributed by atoms with Crippen molar-refractivity contribution in [3.05, 3.63) is 62.6 Å². The van der Waals surface area contributed by atoms with Gasteiger partial charge in [-0.25, -0.2) is 0 Å². The number of nitrogens with zero attached hydrogens (tertiary/aromatic N) is 1. The zero-order valence-electron chi connectivity index (χ0n) is 11.5. The minimum absolute atomic E-state index is 0.0222. The molecule has 0 unspecified atom stereocenters. The Morgan fingerprint density at radius 2 is 1.95 bits per heavy atom. The van der Waals surface area contributed by atoms with Gasteiger partial charge in [-0.05, 0) is 30.7 Å². The lowest BCUT2D eigenvalue weighted by Gasteiger charge is -2.09. The number of ether oxygens (including phenoxy) is 1. The van der Waals surface area contributed by atoms with Crippen molar-refractivity contribution >= 4 is 27.3 Å². The van der Waals surface area contributed by atoms with Gasteiger partial charge in [-0.15, -0.1) is 0 Å². The van der Waals surface area contributed by atoms with E-state index in [2.05, 4.69) is 21.2 Å². The van der Waals surface area contributed by atoms with Crippen LogP contribution >= 0.6 is 15.9 Å². The zero-order valence-corrected chi connectivity index (χ0v) is 13.1. The normalized spacial score (nSPS) is 10.2. The van der Waals surface area contributed by atoms with Crippen molar-refractivity contribution in [1.29, 1.82) is 0 Å². The molecule has 0 aliphatic carbocycles. The van der Waals surface area contributed by atoms with E-state index in [0.717, 1.165) is 15.7 Å². The molecule has 0 spiro atoms. The molecule has 2 aromatic rings. The van der Waals surface area contributed by atoms with Gasteiger partial charge in [-0.3, -0.25) is 10.1 Å². The maximum atomic E-state index is 10.9. The molecule has 2 aromatic carbocycles. The number of nitrogens with one attached hydrogen (secondary N) is 1. The molecular weight excluding hydrogens is 336 g/mol. The number of hydrogen-bond donors (Lipinski definition) is 1. The van der Waals surface area contributed by atoms with Crippen LogP contribution in [0.15, 0.2) is 46.9 Å². The van der Waals surface area contributed by atoms with Crippen LogP contribution in [-0.4, -0.2) is 11.5 Å². The second kappa shape index (κ2) is 7.08. The maximum Gasteiger partial charge on any atom is 0.311 e. The first-order valence-corrected chi connectivity index (χ1v) is 7.29. The average Bonchev–Trinajstić information content (AvgIpc) is 2.47. The van der Waals surface area contributed by atoms with Crippen molar-refractivity contribution in [1.82, 2.24) is 0 Å². The molecule has 0 aliphatic heterocycles. The molecule has 6 heteroatoms. The summed E-state index contributed by atoms with van der Waals surface area (Å²) in [6, 6.07) is 12.7. The molecular formula is C15H15BrN2O3. The van der Waals surface area contributed by atoms with Gasteiger partial charge in [0.1, 0.15) is 0 Å². The number of hydrogen-bond acceptors (Lipinski definition) is 4. The third-order valence-corrected chi connectivity index (χ3v) is 3.39. The molecule has 0 aromatic heterocycles. The Bertz CT molecular complexity index is 629. The van der Waals surface area contributed by atoms with Gasteiger partial charge in [-0.1, -0.05) is 28.1 Å². The first-order valence-electron chi connectivity index (χ1n) is 6.49. The SMILES string of the molecule is CCOc1cc(NCc2ccc(Br)cc2)ccc1[N+](=O)[O-]. The fourth-order valence-electron chi connectivity index (χ4n) is 1.85. The number of benzene rings is 2. The smallest absolute Gasteiger partial charge is 0.311 e. The molecule has 0 saturated heterocycles. The van der Waals surface area contributed by atoms with E-state index in [1.54, 1.807) is 19.1 Å². The van der Waals surface area contributed by atoms with Crippen molar-refractivity contribution in [3.63, 3.8) is 0 Å². The lowest BCUT2D eigenvalue weighted by atomic mass is 10.2. The van der Waals surface area contributed by atoms with Crippen LogP contribution in [0.1, 0.15) is 12.5 Å². The molecule has 0 bridgehead atoms. The quantitative estimate of drug-likeness (QED) is 0.620. The first kappa shape index (κ1) is 15.3. The van der Waals surface area contributed by atoms with E-state index in [9.17, 15) is 10.1 Å². The topological polar surface area (TPSA) is 64.4 Å². The Hall–Kier alpha value is -2.08. The Kier molecular flexibility index (Phi) is 5.16. The standard InChI is InChI=1S/C15H15BrN2O3/c1-2-21-15-9-13(7-8-14(15)18(19)20)17-10-11-3-5-12(16)6-4-11/h3-9,17H,2,10H2,1H3. The maximum absolute atomic E-state index is 10.9. The van der Waals surface area contributed by atoms with Crippen LogP contribution in [0, 0.1) is 10.1 Å². The molecule has 5 nitrogen and oxygen atoms in total. The molecule has 0 radical (unpaired) electrons. The van der Waals surface area contributed by atoms with Crippen LogP contribution in [0.5, 0.6) is 5.75 Å². The van der Waals surface area contributed by atoms with Gasteiger partial charge >= 0.3 is 5.69 Å². The minimum atomic E-state index is -0.441. The van der Waals surface area contributed by atoms with E-state index >= 15 is 0 Å². The van der Waals surface area contributed by atoms with Crippen molar-refractivity contribution in [3.8, 4) is 5.75 Å². The predicted octanol–water partition coefficient (Wildman–Crippen LogP) is 4.37. The zero-order chi connectivity index (χ0) is 15.2. The van der Waals surface area contributed by atoms with Gasteiger partial charge in [0.15, 0.2) is 5.75 Å². The van der Waals surface area contributed by atoms with Crippen LogP contribution in [0.4, 0.5) is 11.4 Å². The van der Waals surface area contributed by atoms with Crippen LogP contribution in [0.25, 0.3) is 0 Å². The van der Waals surface area contributed by atoms with E-state index < -0.39 is 4.92 Å². The van der Waals surface area contributed by atoms with Crippen LogP contribution in [0.2, 0.25) is 0 Å². The van der Waals surface area contributed by atoms with Crippen molar-refractivity contribution in [2.45, 2.75) is 13.5 Å². The third kappa shape index (κ3) is 4.19. The molecule has 0 heterocycles. The number of halogens is 1. The molecule has 110 valence electrons. The summed E-state index contributed by atoms with van der Waals surface area (Å²) in [4.78, 5) is 10.5. The monoisotopic (exact) mass is 350 g/mol. The fourth-order valence-corrected chi connectivity index (χ4v) is 2.12. The third-order valence-electron chi connectivity index (χ3n) is 2.87. The predicted molar refractivity (Wildman–Crippen MR) is 85.7 cm³/mol. The molecule has 21 heavy (non-hydrogen) atoms. The van der Waals surface area contributed by atoms with Crippen molar-refractivity contribution in [2.24, 2.45) is 0 Å². The van der Waals surface area contributed by atoms with Crippen LogP contribution in [0.3, 0.4) is 0 Å². The number of rotatable bonds is 6. The highest BCUT2D eigenvalue weighted by atomic mass is 79.9. The highest BCUT2D eigenvalue weighted by Crippen LogP contribution is 2.30. The van der Waals surface area contributed by atoms with E-state index in [1.165, 1.54) is 6.07 Å². The van der Waals surface area contributed by atoms with Crippen molar-refractivity contribution in [2.75, 3.05) is 11.9 Å². The number of nitro benzene ring substituents is 1. The van der Waals surface area contributed by atoms with Crippen LogP contribution < -0.4 is 10.1 Å². The number of nitro groups is 1. The summed E-state index contributed by atoms with van der Waals surface area (Å²) in [5.41, 5.74) is 1.88. The molecule has 0 fully saturated rings. The lowest BCUT2D eigenvalue weighted by Crippen LogP contribution is -2.02. The molecule has 0 aliphatic rings. The number of anilines is 1. The summed E-state index contributed by atoms with van der Waals surface area (Å²) in [5, 5.41) is 14.1. The van der Waals surface area contributed by atoms with Gasteiger partial charge in [0.2, 0.25) is 0 Å². The van der Waals surface area contributed by atoms with E-state index in [0.29, 0.717) is 13.2 Å². The summed E-state index contributed by atoms with van der Waals surface area (Å²) in [7, 11) is 0. The van der Waals surface area contributed by atoms with E-state index in [4.69, 9.17) is 4.74 Å². The Labute approximate surface area is 131 Å². The summed E-state index contributed by atoms with van der Waals surface area (Å²) in [6.45, 7) is 2.82. The fraction of sp³-hybridized carbons (Fsp3) is 0.200. The first-order chi connectivity index (χ1) is 10.1. The molecule has 0 atom stereocenters. The van der Waals surface area contributed by atoms with Gasteiger partial charge < -0.3 is 10.1 Å². The highest BCUT2D eigenvalue weighted by Gasteiger charge is 2.15. The summed E-state index contributed by atoms with van der Waals surface area (Å²) in [6.07, 6.45) is 0. The summed E-state index contributed by atoms with van der Waals surface area (Å²) < 4.78 is 6.35. The molecule has 0 saturated carbocycles. The van der Waals surface area contributed by atoms with Gasteiger partial charge in [-0.2, -0.15) is 0 Å². The second-order valence-corrected chi connectivity index (χ2v) is 5.27. The highest BCUT2D eigenvalue weighted by molar-refractivity contribution is 9.10. The molecule has 0 amide bonds. The van der Waals surface area contributed by atoms with Crippen molar-refractivity contribution < 1.29 is 9.66 Å². The van der Waals surface area contributed by atoms with Gasteiger partial charge in [0.25, 0.3) is 0 Å². The minimum Gasteiger partial charge on any atom is -0.487 e. The molecule has 2 rings (SSSR count). The molecule has 1 N–H and O–H groups in total. The second-order valence-electron chi connectivity index (χ2n) is 4.35. The summed E-state index contributed by atoms with van der Waals surface area (Å²) in [5.74, 6) is 0.281. The Morgan fingerprint density at radius 1 is 1.24 bits per heavy atom.